The van der Waals surface area contributed by atoms with Crippen LogP contribution in [-0.4, -0.2) is 63.8 Å². The van der Waals surface area contributed by atoms with Crippen LogP contribution < -0.4 is 0 Å². The molecule has 0 bridgehead atoms. The van der Waals surface area contributed by atoms with Gasteiger partial charge in [0.05, 0.1) is 6.61 Å². The zero-order chi connectivity index (χ0) is 18.1. The maximum absolute atomic E-state index is 12.8. The monoisotopic (exact) mass is 354 g/mol. The van der Waals surface area contributed by atoms with E-state index in [9.17, 15) is 9.90 Å². The van der Waals surface area contributed by atoms with Gasteiger partial charge >= 0.3 is 0 Å². The lowest BCUT2D eigenvalue weighted by molar-refractivity contribution is 0.0114. The molecule has 2 aliphatic heterocycles. The number of benzene rings is 1. The van der Waals surface area contributed by atoms with Gasteiger partial charge in [0.25, 0.3) is 5.91 Å². The lowest BCUT2D eigenvalue weighted by Crippen LogP contribution is -2.52. The number of amides is 1. The summed E-state index contributed by atoms with van der Waals surface area (Å²) < 4.78 is 0. The van der Waals surface area contributed by atoms with Crippen molar-refractivity contribution in [1.82, 2.24) is 20.0 Å². The second-order valence-electron chi connectivity index (χ2n) is 7.82. The number of piperidine rings is 1. The van der Waals surface area contributed by atoms with Crippen LogP contribution in [0.5, 0.6) is 0 Å². The number of likely N-dealkylation sites (tertiary alicyclic amines) is 2. The highest BCUT2D eigenvalue weighted by Crippen LogP contribution is 2.42. The highest BCUT2D eigenvalue weighted by molar-refractivity contribution is 5.92. The smallest absolute Gasteiger partial charge is 0.274 e. The van der Waals surface area contributed by atoms with Crippen molar-refractivity contribution < 1.29 is 9.90 Å². The van der Waals surface area contributed by atoms with Crippen LogP contribution in [0.3, 0.4) is 0 Å². The Kier molecular flexibility index (Phi) is 4.54. The molecule has 2 fully saturated rings. The van der Waals surface area contributed by atoms with Crippen molar-refractivity contribution in [1.29, 1.82) is 0 Å². The third-order valence-corrected chi connectivity index (χ3v) is 5.91. The number of hydrogen-bond donors (Lipinski definition) is 2. The first kappa shape index (κ1) is 17.2. The molecule has 0 spiro atoms. The van der Waals surface area contributed by atoms with E-state index < -0.39 is 0 Å². The van der Waals surface area contributed by atoms with Gasteiger partial charge in [0.2, 0.25) is 0 Å². The first-order valence-corrected chi connectivity index (χ1v) is 9.28. The van der Waals surface area contributed by atoms with Crippen LogP contribution in [0.1, 0.15) is 28.2 Å². The Morgan fingerprint density at radius 2 is 2.15 bits per heavy atom. The largest absolute Gasteiger partial charge is 0.396 e. The fraction of sp³-hybridized carbons (Fsp3) is 0.500. The highest BCUT2D eigenvalue weighted by Gasteiger charge is 2.50. The van der Waals surface area contributed by atoms with Gasteiger partial charge in [-0.25, -0.2) is 0 Å². The van der Waals surface area contributed by atoms with Crippen molar-refractivity contribution in [2.75, 3.05) is 32.8 Å². The molecule has 138 valence electrons. The van der Waals surface area contributed by atoms with Gasteiger partial charge in [0.15, 0.2) is 0 Å². The van der Waals surface area contributed by atoms with E-state index in [1.165, 1.54) is 5.56 Å². The Balaban J connectivity index is 1.48. The van der Waals surface area contributed by atoms with Crippen molar-refractivity contribution in [2.45, 2.75) is 19.9 Å². The topological polar surface area (TPSA) is 72.5 Å². The Hall–Kier alpha value is -2.18. The summed E-state index contributed by atoms with van der Waals surface area (Å²) in [7, 11) is 0. The van der Waals surface area contributed by atoms with E-state index in [-0.39, 0.29) is 17.9 Å². The van der Waals surface area contributed by atoms with Gasteiger partial charge in [-0.3, -0.25) is 14.8 Å². The van der Waals surface area contributed by atoms with Crippen LogP contribution >= 0.6 is 0 Å². The molecule has 0 unspecified atom stereocenters. The third-order valence-electron chi connectivity index (χ3n) is 5.91. The molecule has 3 heterocycles. The van der Waals surface area contributed by atoms with Gasteiger partial charge in [-0.2, -0.15) is 5.10 Å². The molecular formula is C20H26N4O2. The summed E-state index contributed by atoms with van der Waals surface area (Å²) in [5, 5.41) is 17.2. The molecule has 4 rings (SSSR count). The second-order valence-corrected chi connectivity index (χ2v) is 7.82. The van der Waals surface area contributed by atoms with Crippen molar-refractivity contribution >= 4 is 5.91 Å². The lowest BCUT2D eigenvalue weighted by atomic mass is 9.74. The number of fused-ring (bicyclic) bond motifs is 1. The first-order chi connectivity index (χ1) is 12.6. The van der Waals surface area contributed by atoms with E-state index in [4.69, 9.17) is 0 Å². The number of rotatable bonds is 4. The van der Waals surface area contributed by atoms with Crippen LogP contribution in [0.15, 0.2) is 36.4 Å². The fourth-order valence-corrected chi connectivity index (χ4v) is 4.55. The molecule has 26 heavy (non-hydrogen) atoms. The minimum atomic E-state index is -0.228. The first-order valence-electron chi connectivity index (χ1n) is 9.28. The van der Waals surface area contributed by atoms with Gasteiger partial charge in [-0.15, -0.1) is 0 Å². The predicted octanol–water partition coefficient (Wildman–Crippen LogP) is 1.67. The molecular weight excluding hydrogens is 328 g/mol. The van der Waals surface area contributed by atoms with Crippen LogP contribution in [-0.2, 0) is 6.54 Å². The average molecular weight is 354 g/mol. The number of aromatic amines is 1. The normalized spacial score (nSPS) is 26.1. The van der Waals surface area contributed by atoms with Gasteiger partial charge in [0, 0.05) is 43.8 Å². The molecule has 0 saturated carbocycles. The number of aryl methyl sites for hydroxylation is 1. The van der Waals surface area contributed by atoms with Crippen molar-refractivity contribution in [3.8, 4) is 0 Å². The van der Waals surface area contributed by atoms with Gasteiger partial charge in [0.1, 0.15) is 5.69 Å². The summed E-state index contributed by atoms with van der Waals surface area (Å²) in [6.45, 7) is 6.05. The van der Waals surface area contributed by atoms with Gasteiger partial charge < -0.3 is 10.0 Å². The number of carbonyl (C=O) groups is 1. The number of nitrogens with zero attached hydrogens (tertiary/aromatic N) is 3. The number of aliphatic hydroxyl groups excluding tert-OH is 1. The molecule has 6 nitrogen and oxygen atoms in total. The molecule has 6 heteroatoms. The minimum absolute atomic E-state index is 0.0397. The molecule has 2 saturated heterocycles. The molecule has 2 N–H and O–H groups in total. The van der Waals surface area contributed by atoms with Crippen molar-refractivity contribution in [3.63, 3.8) is 0 Å². The molecule has 1 aromatic carbocycles. The molecule has 0 aliphatic carbocycles. The number of carbonyl (C=O) groups excluding carboxylic acids is 1. The minimum Gasteiger partial charge on any atom is -0.396 e. The van der Waals surface area contributed by atoms with Crippen LogP contribution in [0.2, 0.25) is 0 Å². The number of aliphatic hydroxyl groups is 1. The Morgan fingerprint density at radius 1 is 1.35 bits per heavy atom. The predicted molar refractivity (Wildman–Crippen MR) is 98.6 cm³/mol. The second kappa shape index (κ2) is 6.85. The third kappa shape index (κ3) is 3.15. The van der Waals surface area contributed by atoms with Crippen LogP contribution in [0.4, 0.5) is 0 Å². The Labute approximate surface area is 153 Å². The molecule has 2 aromatic rings. The molecule has 2 aliphatic rings. The van der Waals surface area contributed by atoms with Gasteiger partial charge in [-0.1, -0.05) is 30.3 Å². The number of nitrogens with one attached hydrogen (secondary N) is 1. The maximum atomic E-state index is 12.8. The Bertz CT molecular complexity index is 775. The van der Waals surface area contributed by atoms with E-state index in [0.29, 0.717) is 18.2 Å². The van der Waals surface area contributed by atoms with E-state index in [1.54, 1.807) is 6.07 Å². The van der Waals surface area contributed by atoms with Crippen LogP contribution in [0, 0.1) is 18.3 Å². The lowest BCUT2D eigenvalue weighted by Gasteiger charge is -2.43. The molecule has 1 aromatic heterocycles. The van der Waals surface area contributed by atoms with E-state index >= 15 is 0 Å². The summed E-state index contributed by atoms with van der Waals surface area (Å²) in [4.78, 5) is 17.1. The summed E-state index contributed by atoms with van der Waals surface area (Å²) in [5.41, 5.74) is 2.41. The Morgan fingerprint density at radius 3 is 2.85 bits per heavy atom. The van der Waals surface area contributed by atoms with Crippen molar-refractivity contribution in [2.24, 2.45) is 11.3 Å². The van der Waals surface area contributed by atoms with Crippen LogP contribution in [0.25, 0.3) is 0 Å². The quantitative estimate of drug-likeness (QED) is 0.876. The molecule has 2 atom stereocenters. The SMILES string of the molecule is Cc1cc(C(=O)N2CC[C@H]3CN(Cc4ccccc4)C[C@@]3(CO)C2)n[nH]1. The van der Waals surface area contributed by atoms with Gasteiger partial charge in [-0.05, 0) is 30.9 Å². The van der Waals surface area contributed by atoms with E-state index in [0.717, 1.165) is 38.3 Å². The summed E-state index contributed by atoms with van der Waals surface area (Å²) in [6, 6.07) is 12.2. The summed E-state index contributed by atoms with van der Waals surface area (Å²) in [5.74, 6) is 0.392. The number of aromatic nitrogens is 2. The fourth-order valence-electron chi connectivity index (χ4n) is 4.55. The number of H-pyrrole nitrogens is 1. The average Bonchev–Trinajstić information content (AvgIpc) is 3.25. The zero-order valence-corrected chi connectivity index (χ0v) is 15.2. The van der Waals surface area contributed by atoms with E-state index in [2.05, 4.69) is 39.4 Å². The highest BCUT2D eigenvalue weighted by atomic mass is 16.3. The zero-order valence-electron chi connectivity index (χ0n) is 15.2. The summed E-state index contributed by atoms with van der Waals surface area (Å²) in [6.07, 6.45) is 0.932. The number of hydrogen-bond acceptors (Lipinski definition) is 4. The molecule has 1 amide bonds. The maximum Gasteiger partial charge on any atom is 0.274 e. The summed E-state index contributed by atoms with van der Waals surface area (Å²) >= 11 is 0. The molecule has 0 radical (unpaired) electrons. The standard InChI is InChI=1S/C20H26N4O2/c1-15-9-18(22-21-15)19(26)24-8-7-17-11-23(12-20(17,13-24)14-25)10-16-5-3-2-4-6-16/h2-6,9,17,25H,7-8,10-14H2,1H3,(H,21,22)/t17-,20-/m0/s1. The van der Waals surface area contributed by atoms with E-state index in [1.807, 2.05) is 17.9 Å². The van der Waals surface area contributed by atoms with Crippen molar-refractivity contribution in [3.05, 3.63) is 53.3 Å².